The summed E-state index contributed by atoms with van der Waals surface area (Å²) in [6, 6.07) is 9.28. The average molecular weight is 278 g/mol. The van der Waals surface area contributed by atoms with Gasteiger partial charge in [0, 0.05) is 13.0 Å². The van der Waals surface area contributed by atoms with Crippen LogP contribution >= 0.6 is 0 Å². The Morgan fingerprint density at radius 1 is 1.25 bits per heavy atom. The van der Waals surface area contributed by atoms with Crippen molar-refractivity contribution in [2.24, 2.45) is 0 Å². The molecule has 0 spiro atoms. The van der Waals surface area contributed by atoms with Crippen LogP contribution in [-0.2, 0) is 14.3 Å². The first-order chi connectivity index (χ1) is 9.56. The molecule has 1 rings (SSSR count). The molecule has 1 amide bonds. The third-order valence-corrected chi connectivity index (χ3v) is 2.96. The molecule has 0 bridgehead atoms. The SMILES string of the molecule is COC(=O)CCCNC(=O)[C@@H](c1ccccc1)N(C)C. The van der Waals surface area contributed by atoms with E-state index in [-0.39, 0.29) is 17.9 Å². The molecule has 0 heterocycles. The molecule has 0 saturated carbocycles. The van der Waals surface area contributed by atoms with Gasteiger partial charge < -0.3 is 10.1 Å². The predicted molar refractivity (Wildman–Crippen MR) is 77.1 cm³/mol. The standard InChI is InChI=1S/C15H22N2O3/c1-17(2)14(12-8-5-4-6-9-12)15(19)16-11-7-10-13(18)20-3/h4-6,8-9,14H,7,10-11H2,1-3H3,(H,16,19)/t14-/m1/s1. The summed E-state index contributed by atoms with van der Waals surface area (Å²) >= 11 is 0. The van der Waals surface area contributed by atoms with Crippen LogP contribution in [0.15, 0.2) is 30.3 Å². The Hall–Kier alpha value is -1.88. The summed E-state index contributed by atoms with van der Waals surface area (Å²) < 4.78 is 4.55. The third kappa shape index (κ3) is 5.01. The number of hydrogen-bond acceptors (Lipinski definition) is 4. The summed E-state index contributed by atoms with van der Waals surface area (Å²) in [4.78, 5) is 25.1. The lowest BCUT2D eigenvalue weighted by Crippen LogP contribution is -2.37. The fraction of sp³-hybridized carbons (Fsp3) is 0.467. The summed E-state index contributed by atoms with van der Waals surface area (Å²) in [5, 5.41) is 2.85. The lowest BCUT2D eigenvalue weighted by atomic mass is 10.1. The molecule has 1 atom stereocenters. The molecule has 1 aromatic carbocycles. The summed E-state index contributed by atoms with van der Waals surface area (Å²) in [5.74, 6) is -0.322. The number of carbonyl (C=O) groups is 2. The normalized spacial score (nSPS) is 12.0. The molecule has 1 aromatic rings. The highest BCUT2D eigenvalue weighted by Crippen LogP contribution is 2.17. The molecule has 0 aliphatic heterocycles. The van der Waals surface area contributed by atoms with Crippen molar-refractivity contribution < 1.29 is 14.3 Å². The van der Waals surface area contributed by atoms with E-state index in [1.54, 1.807) is 0 Å². The number of amides is 1. The van der Waals surface area contributed by atoms with Crippen molar-refractivity contribution in [3.63, 3.8) is 0 Å². The van der Waals surface area contributed by atoms with E-state index in [0.29, 0.717) is 19.4 Å². The predicted octanol–water partition coefficient (Wildman–Crippen LogP) is 1.36. The van der Waals surface area contributed by atoms with Crippen LogP contribution in [0.4, 0.5) is 0 Å². The maximum Gasteiger partial charge on any atom is 0.305 e. The largest absolute Gasteiger partial charge is 0.469 e. The number of hydrogen-bond donors (Lipinski definition) is 1. The molecule has 0 aliphatic rings. The van der Waals surface area contributed by atoms with Crippen molar-refractivity contribution in [3.8, 4) is 0 Å². The minimum absolute atomic E-state index is 0.0638. The van der Waals surface area contributed by atoms with Gasteiger partial charge in [0.1, 0.15) is 6.04 Å². The quantitative estimate of drug-likeness (QED) is 0.604. The Morgan fingerprint density at radius 3 is 2.45 bits per heavy atom. The van der Waals surface area contributed by atoms with E-state index in [4.69, 9.17) is 0 Å². The van der Waals surface area contributed by atoms with Crippen molar-refractivity contribution in [3.05, 3.63) is 35.9 Å². The monoisotopic (exact) mass is 278 g/mol. The Bertz CT molecular complexity index is 432. The first-order valence-corrected chi connectivity index (χ1v) is 6.62. The summed E-state index contributed by atoms with van der Waals surface area (Å²) in [6.45, 7) is 0.463. The molecule has 5 heteroatoms. The van der Waals surface area contributed by atoms with Crippen LogP contribution in [0, 0.1) is 0 Å². The number of esters is 1. The zero-order valence-corrected chi connectivity index (χ0v) is 12.3. The fourth-order valence-electron chi connectivity index (χ4n) is 1.96. The molecule has 0 saturated heterocycles. The summed E-state index contributed by atoms with van der Waals surface area (Å²) in [5.41, 5.74) is 0.947. The first-order valence-electron chi connectivity index (χ1n) is 6.62. The summed E-state index contributed by atoms with van der Waals surface area (Å²) in [6.07, 6.45) is 0.891. The molecule has 20 heavy (non-hydrogen) atoms. The number of rotatable bonds is 7. The van der Waals surface area contributed by atoms with E-state index >= 15 is 0 Å². The van der Waals surface area contributed by atoms with Gasteiger partial charge in [0.05, 0.1) is 7.11 Å². The van der Waals surface area contributed by atoms with Crippen molar-refractivity contribution in [1.29, 1.82) is 0 Å². The zero-order valence-electron chi connectivity index (χ0n) is 12.3. The van der Waals surface area contributed by atoms with Crippen LogP contribution in [0.3, 0.4) is 0 Å². The van der Waals surface area contributed by atoms with Gasteiger partial charge in [-0.3, -0.25) is 14.5 Å². The second-order valence-corrected chi connectivity index (χ2v) is 4.75. The minimum Gasteiger partial charge on any atom is -0.469 e. The van der Waals surface area contributed by atoms with Gasteiger partial charge >= 0.3 is 5.97 Å². The molecular formula is C15H22N2O3. The van der Waals surface area contributed by atoms with Gasteiger partial charge in [-0.15, -0.1) is 0 Å². The van der Waals surface area contributed by atoms with E-state index < -0.39 is 0 Å². The molecule has 0 fully saturated rings. The van der Waals surface area contributed by atoms with Crippen LogP contribution < -0.4 is 5.32 Å². The second kappa shape index (κ2) is 8.32. The first kappa shape index (κ1) is 16.2. The molecular weight excluding hydrogens is 256 g/mol. The molecule has 110 valence electrons. The smallest absolute Gasteiger partial charge is 0.305 e. The molecule has 0 aromatic heterocycles. The highest BCUT2D eigenvalue weighted by molar-refractivity contribution is 5.83. The van der Waals surface area contributed by atoms with Crippen LogP contribution in [-0.4, -0.2) is 44.5 Å². The van der Waals surface area contributed by atoms with E-state index in [9.17, 15) is 9.59 Å². The number of nitrogens with zero attached hydrogens (tertiary/aromatic N) is 1. The maximum atomic E-state index is 12.2. The topological polar surface area (TPSA) is 58.6 Å². The van der Waals surface area contributed by atoms with E-state index in [0.717, 1.165) is 5.56 Å². The van der Waals surface area contributed by atoms with E-state index in [2.05, 4.69) is 10.1 Å². The fourth-order valence-corrected chi connectivity index (χ4v) is 1.96. The van der Waals surface area contributed by atoms with E-state index in [1.165, 1.54) is 7.11 Å². The number of nitrogens with one attached hydrogen (secondary N) is 1. The van der Waals surface area contributed by atoms with Gasteiger partial charge in [-0.2, -0.15) is 0 Å². The number of carbonyl (C=O) groups excluding carboxylic acids is 2. The highest BCUT2D eigenvalue weighted by Gasteiger charge is 2.22. The van der Waals surface area contributed by atoms with Gasteiger partial charge in [-0.25, -0.2) is 0 Å². The Balaban J connectivity index is 2.52. The number of methoxy groups -OCH3 is 1. The minimum atomic E-state index is -0.325. The van der Waals surface area contributed by atoms with Crippen LogP contribution in [0.1, 0.15) is 24.4 Å². The Kier molecular flexibility index (Phi) is 6.73. The van der Waals surface area contributed by atoms with Crippen molar-refractivity contribution in [2.45, 2.75) is 18.9 Å². The molecule has 0 aliphatic carbocycles. The van der Waals surface area contributed by atoms with Crippen molar-refractivity contribution in [1.82, 2.24) is 10.2 Å². The number of likely N-dealkylation sites (N-methyl/N-ethyl adjacent to an activating group) is 1. The van der Waals surface area contributed by atoms with Crippen molar-refractivity contribution in [2.75, 3.05) is 27.7 Å². The van der Waals surface area contributed by atoms with Crippen LogP contribution in [0.2, 0.25) is 0 Å². The van der Waals surface area contributed by atoms with Gasteiger partial charge in [0.25, 0.3) is 0 Å². The van der Waals surface area contributed by atoms with Crippen molar-refractivity contribution >= 4 is 11.9 Å². The van der Waals surface area contributed by atoms with Gasteiger partial charge in [0.15, 0.2) is 0 Å². The van der Waals surface area contributed by atoms with Gasteiger partial charge in [-0.05, 0) is 26.1 Å². The average Bonchev–Trinajstić information content (AvgIpc) is 2.44. The van der Waals surface area contributed by atoms with Crippen LogP contribution in [0.25, 0.3) is 0 Å². The highest BCUT2D eigenvalue weighted by atomic mass is 16.5. The second-order valence-electron chi connectivity index (χ2n) is 4.75. The Labute approximate surface area is 119 Å². The lowest BCUT2D eigenvalue weighted by Gasteiger charge is -2.23. The third-order valence-electron chi connectivity index (χ3n) is 2.96. The molecule has 1 N–H and O–H groups in total. The molecule has 5 nitrogen and oxygen atoms in total. The maximum absolute atomic E-state index is 12.2. The zero-order chi connectivity index (χ0) is 15.0. The van der Waals surface area contributed by atoms with Gasteiger partial charge in [0.2, 0.25) is 5.91 Å². The van der Waals surface area contributed by atoms with Crippen LogP contribution in [0.5, 0.6) is 0 Å². The lowest BCUT2D eigenvalue weighted by molar-refractivity contribution is -0.140. The number of benzene rings is 1. The number of ether oxygens (including phenoxy) is 1. The molecule has 0 unspecified atom stereocenters. The Morgan fingerprint density at radius 2 is 1.90 bits per heavy atom. The van der Waals surface area contributed by atoms with Gasteiger partial charge in [-0.1, -0.05) is 30.3 Å². The molecule has 0 radical (unpaired) electrons. The van der Waals surface area contributed by atoms with E-state index in [1.807, 2.05) is 49.3 Å². The summed E-state index contributed by atoms with van der Waals surface area (Å²) in [7, 11) is 5.09.